The molecule has 2 aliphatic rings. The van der Waals surface area contributed by atoms with Crippen LogP contribution in [-0.4, -0.2) is 71.7 Å². The van der Waals surface area contributed by atoms with Crippen LogP contribution in [0.5, 0.6) is 0 Å². The van der Waals surface area contributed by atoms with E-state index in [4.69, 9.17) is 0 Å². The van der Waals surface area contributed by atoms with E-state index in [1.54, 1.807) is 6.20 Å². The Labute approximate surface area is 138 Å². The lowest BCUT2D eigenvalue weighted by atomic mass is 9.93. The largest absolute Gasteiger partial charge is 0.355 e. The topological polar surface area (TPSA) is 64.3 Å². The van der Waals surface area contributed by atoms with Crippen molar-refractivity contribution in [3.63, 3.8) is 0 Å². The van der Waals surface area contributed by atoms with E-state index in [9.17, 15) is 4.79 Å². The van der Waals surface area contributed by atoms with E-state index < -0.39 is 0 Å². The van der Waals surface area contributed by atoms with Gasteiger partial charge in [-0.05, 0) is 58.4 Å². The maximum atomic E-state index is 12.4. The van der Waals surface area contributed by atoms with Crippen molar-refractivity contribution >= 4 is 5.91 Å². The maximum Gasteiger partial charge on any atom is 0.224 e. The molecule has 0 saturated carbocycles. The molecule has 1 amide bonds. The van der Waals surface area contributed by atoms with Gasteiger partial charge in [0, 0.05) is 37.4 Å². The van der Waals surface area contributed by atoms with Crippen LogP contribution in [0.15, 0.2) is 12.3 Å². The average Bonchev–Trinajstić information content (AvgIpc) is 3.09. The number of aromatic nitrogens is 2. The fraction of sp³-hybridized carbons (Fsp3) is 0.765. The monoisotopic (exact) mass is 319 g/mol. The summed E-state index contributed by atoms with van der Waals surface area (Å²) in [6.45, 7) is 5.15. The Morgan fingerprint density at radius 3 is 2.91 bits per heavy atom. The van der Waals surface area contributed by atoms with Gasteiger partial charge in [-0.2, -0.15) is 5.10 Å². The van der Waals surface area contributed by atoms with Crippen LogP contribution < -0.4 is 5.32 Å². The van der Waals surface area contributed by atoms with Crippen LogP contribution in [0.25, 0.3) is 0 Å². The molecule has 6 nitrogen and oxygen atoms in total. The first-order chi connectivity index (χ1) is 11.2. The lowest BCUT2D eigenvalue weighted by Gasteiger charge is -2.41. The summed E-state index contributed by atoms with van der Waals surface area (Å²) in [6.07, 6.45) is 7.22. The molecule has 0 aromatic carbocycles. The number of H-pyrrole nitrogens is 1. The van der Waals surface area contributed by atoms with Gasteiger partial charge >= 0.3 is 0 Å². The van der Waals surface area contributed by atoms with Crippen molar-refractivity contribution in [2.24, 2.45) is 5.92 Å². The number of piperidine rings is 2. The van der Waals surface area contributed by atoms with Gasteiger partial charge in [0.25, 0.3) is 0 Å². The van der Waals surface area contributed by atoms with Gasteiger partial charge in [-0.3, -0.25) is 14.8 Å². The second-order valence-electron chi connectivity index (χ2n) is 6.99. The van der Waals surface area contributed by atoms with Gasteiger partial charge in [0.15, 0.2) is 0 Å². The number of nitrogens with zero attached hydrogens (tertiary/aromatic N) is 3. The van der Waals surface area contributed by atoms with E-state index in [1.165, 1.54) is 25.9 Å². The van der Waals surface area contributed by atoms with Crippen molar-refractivity contribution in [2.75, 3.05) is 39.8 Å². The zero-order valence-electron chi connectivity index (χ0n) is 14.1. The molecule has 1 aromatic rings. The molecule has 23 heavy (non-hydrogen) atoms. The Kier molecular flexibility index (Phi) is 5.67. The van der Waals surface area contributed by atoms with Crippen LogP contribution in [0.3, 0.4) is 0 Å². The summed E-state index contributed by atoms with van der Waals surface area (Å²) in [5.41, 5.74) is 1.07. The normalized spacial score (nSPS) is 24.7. The molecule has 3 heterocycles. The Balaban J connectivity index is 1.43. The summed E-state index contributed by atoms with van der Waals surface area (Å²) in [6, 6.07) is 2.63. The number of rotatable bonds is 5. The number of hydrogen-bond donors (Lipinski definition) is 2. The molecule has 2 saturated heterocycles. The number of carbonyl (C=O) groups is 1. The number of aromatic amines is 1. The lowest BCUT2D eigenvalue weighted by Crippen LogP contribution is -2.50. The third-order valence-electron chi connectivity index (χ3n) is 5.28. The zero-order valence-corrected chi connectivity index (χ0v) is 14.1. The van der Waals surface area contributed by atoms with E-state index >= 15 is 0 Å². The second kappa shape index (κ2) is 7.93. The van der Waals surface area contributed by atoms with Crippen LogP contribution >= 0.6 is 0 Å². The van der Waals surface area contributed by atoms with Crippen molar-refractivity contribution in [3.8, 4) is 0 Å². The molecule has 0 aliphatic carbocycles. The van der Waals surface area contributed by atoms with Gasteiger partial charge in [0.2, 0.25) is 5.91 Å². The molecular weight excluding hydrogens is 290 g/mol. The quantitative estimate of drug-likeness (QED) is 0.845. The maximum absolute atomic E-state index is 12.4. The minimum atomic E-state index is 0.158. The summed E-state index contributed by atoms with van der Waals surface area (Å²) in [5.74, 6) is 0.382. The summed E-state index contributed by atoms with van der Waals surface area (Å²) in [4.78, 5) is 17.4. The van der Waals surface area contributed by atoms with E-state index in [1.807, 2.05) is 6.07 Å². The molecule has 0 bridgehead atoms. The zero-order chi connectivity index (χ0) is 16.1. The molecule has 1 unspecified atom stereocenters. The Bertz CT molecular complexity index is 481. The van der Waals surface area contributed by atoms with Crippen LogP contribution in [0, 0.1) is 5.92 Å². The number of amides is 1. The molecule has 128 valence electrons. The summed E-state index contributed by atoms with van der Waals surface area (Å²) >= 11 is 0. The molecule has 6 heteroatoms. The van der Waals surface area contributed by atoms with Crippen molar-refractivity contribution in [2.45, 2.75) is 38.1 Å². The molecule has 2 aliphatic heterocycles. The molecular formula is C17H29N5O. The summed E-state index contributed by atoms with van der Waals surface area (Å²) < 4.78 is 0. The van der Waals surface area contributed by atoms with Crippen LogP contribution in [-0.2, 0) is 11.2 Å². The Hall–Kier alpha value is -1.40. The highest BCUT2D eigenvalue weighted by Gasteiger charge is 2.30. The smallest absolute Gasteiger partial charge is 0.224 e. The van der Waals surface area contributed by atoms with E-state index in [2.05, 4.69) is 32.4 Å². The van der Waals surface area contributed by atoms with E-state index in [0.717, 1.165) is 38.0 Å². The van der Waals surface area contributed by atoms with E-state index in [-0.39, 0.29) is 11.8 Å². The summed E-state index contributed by atoms with van der Waals surface area (Å²) in [5, 5.41) is 9.96. The first kappa shape index (κ1) is 16.5. The third kappa shape index (κ3) is 4.54. The van der Waals surface area contributed by atoms with Crippen LogP contribution in [0.2, 0.25) is 0 Å². The van der Waals surface area contributed by atoms with Crippen LogP contribution in [0.4, 0.5) is 0 Å². The van der Waals surface area contributed by atoms with Gasteiger partial charge in [-0.15, -0.1) is 0 Å². The number of carbonyl (C=O) groups excluding carboxylic acids is 1. The molecule has 3 rings (SSSR count). The fourth-order valence-electron chi connectivity index (χ4n) is 3.80. The minimum absolute atomic E-state index is 0.158. The molecule has 0 radical (unpaired) electrons. The minimum Gasteiger partial charge on any atom is -0.355 e. The molecule has 2 fully saturated rings. The third-order valence-corrected chi connectivity index (χ3v) is 5.28. The predicted octanol–water partition coefficient (Wildman–Crippen LogP) is 0.875. The average molecular weight is 319 g/mol. The molecule has 1 atom stereocenters. The van der Waals surface area contributed by atoms with Crippen LogP contribution in [0.1, 0.15) is 31.4 Å². The number of hydrogen-bond acceptors (Lipinski definition) is 4. The van der Waals surface area contributed by atoms with Gasteiger partial charge in [-0.25, -0.2) is 0 Å². The lowest BCUT2D eigenvalue weighted by molar-refractivity contribution is -0.127. The summed E-state index contributed by atoms with van der Waals surface area (Å²) in [7, 11) is 2.20. The predicted molar refractivity (Wildman–Crippen MR) is 90.1 cm³/mol. The molecule has 0 spiro atoms. The van der Waals surface area contributed by atoms with Crippen molar-refractivity contribution < 1.29 is 4.79 Å². The highest BCUT2D eigenvalue weighted by Crippen LogP contribution is 2.23. The highest BCUT2D eigenvalue weighted by molar-refractivity contribution is 5.78. The van der Waals surface area contributed by atoms with E-state index in [0.29, 0.717) is 12.6 Å². The standard InChI is InChI=1S/C17H29N5O/c1-21-11-6-16(7-12-21)22-10-2-3-14(13-22)17(23)18-8-4-15-5-9-19-20-15/h5,9,14,16H,2-4,6-8,10-13H2,1H3,(H,18,23)(H,19,20). The van der Waals surface area contributed by atoms with Crippen molar-refractivity contribution in [1.82, 2.24) is 25.3 Å². The second-order valence-corrected chi connectivity index (χ2v) is 6.99. The van der Waals surface area contributed by atoms with Gasteiger partial charge < -0.3 is 10.2 Å². The first-order valence-corrected chi connectivity index (χ1v) is 8.91. The molecule has 1 aromatic heterocycles. The van der Waals surface area contributed by atoms with Gasteiger partial charge in [-0.1, -0.05) is 0 Å². The SMILES string of the molecule is CN1CCC(N2CCCC(C(=O)NCCc3ccn[nH]3)C2)CC1. The number of nitrogens with one attached hydrogen (secondary N) is 2. The van der Waals surface area contributed by atoms with Crippen molar-refractivity contribution in [3.05, 3.63) is 18.0 Å². The number of likely N-dealkylation sites (tertiary alicyclic amines) is 2. The Morgan fingerprint density at radius 2 is 2.17 bits per heavy atom. The molecule has 2 N–H and O–H groups in total. The van der Waals surface area contributed by atoms with Gasteiger partial charge in [0.1, 0.15) is 0 Å². The first-order valence-electron chi connectivity index (χ1n) is 8.91. The Morgan fingerprint density at radius 1 is 1.35 bits per heavy atom. The fourth-order valence-corrected chi connectivity index (χ4v) is 3.80. The van der Waals surface area contributed by atoms with Crippen molar-refractivity contribution in [1.29, 1.82) is 0 Å². The highest BCUT2D eigenvalue weighted by atomic mass is 16.1. The van der Waals surface area contributed by atoms with Gasteiger partial charge in [0.05, 0.1) is 5.92 Å².